The highest BCUT2D eigenvalue weighted by atomic mass is 19.4. The third kappa shape index (κ3) is 2.41. The lowest BCUT2D eigenvalue weighted by Crippen LogP contribution is -2.39. The van der Waals surface area contributed by atoms with Crippen molar-refractivity contribution in [2.45, 2.75) is 31.5 Å². The number of nitrogens with zero attached hydrogens (tertiary/aromatic N) is 2. The fourth-order valence-electron chi connectivity index (χ4n) is 1.65. The molecule has 1 aliphatic carbocycles. The van der Waals surface area contributed by atoms with Crippen LogP contribution >= 0.6 is 0 Å². The number of nitrogens with two attached hydrogens (primary N) is 1. The zero-order valence-corrected chi connectivity index (χ0v) is 9.80. The highest BCUT2D eigenvalue weighted by Gasteiger charge is 2.63. The molecule has 0 spiro atoms. The minimum absolute atomic E-state index is 0.0525. The maximum Gasteiger partial charge on any atom is 0.411 e. The first-order valence-electron chi connectivity index (χ1n) is 5.60. The van der Waals surface area contributed by atoms with Gasteiger partial charge in [0.05, 0.1) is 0 Å². The van der Waals surface area contributed by atoms with Gasteiger partial charge >= 0.3 is 6.18 Å². The molecule has 18 heavy (non-hydrogen) atoms. The second kappa shape index (κ2) is 4.18. The molecule has 1 heterocycles. The van der Waals surface area contributed by atoms with Crippen LogP contribution in [-0.4, -0.2) is 28.2 Å². The number of nitrogens with one attached hydrogen (secondary N) is 2. The second-order valence-electron chi connectivity index (χ2n) is 4.23. The molecule has 0 atom stereocenters. The fourth-order valence-corrected chi connectivity index (χ4v) is 1.65. The quantitative estimate of drug-likeness (QED) is 0.772. The summed E-state index contributed by atoms with van der Waals surface area (Å²) in [5.74, 6) is 0.438. The number of hydrogen-bond acceptors (Lipinski definition) is 5. The van der Waals surface area contributed by atoms with Gasteiger partial charge in [-0.1, -0.05) is 0 Å². The van der Waals surface area contributed by atoms with Crippen molar-refractivity contribution in [2.24, 2.45) is 0 Å². The first-order chi connectivity index (χ1) is 8.36. The van der Waals surface area contributed by atoms with Gasteiger partial charge in [0.15, 0.2) is 0 Å². The van der Waals surface area contributed by atoms with Gasteiger partial charge in [-0.3, -0.25) is 0 Å². The molecule has 1 aliphatic rings. The molecule has 100 valence electrons. The van der Waals surface area contributed by atoms with E-state index in [4.69, 9.17) is 5.73 Å². The summed E-state index contributed by atoms with van der Waals surface area (Å²) in [6, 6.07) is 1.42. The summed E-state index contributed by atoms with van der Waals surface area (Å²) in [6.07, 6.45) is -4.18. The molecular formula is C10H14F3N5. The lowest BCUT2D eigenvalue weighted by molar-refractivity contribution is -0.151. The van der Waals surface area contributed by atoms with E-state index >= 15 is 0 Å². The van der Waals surface area contributed by atoms with Crippen LogP contribution in [0.3, 0.4) is 0 Å². The Morgan fingerprint density at radius 1 is 1.33 bits per heavy atom. The van der Waals surface area contributed by atoms with Crippen molar-refractivity contribution in [3.8, 4) is 0 Å². The van der Waals surface area contributed by atoms with E-state index in [1.165, 1.54) is 6.07 Å². The van der Waals surface area contributed by atoms with Crippen molar-refractivity contribution in [3.05, 3.63) is 6.07 Å². The van der Waals surface area contributed by atoms with Crippen LogP contribution in [0.5, 0.6) is 0 Å². The van der Waals surface area contributed by atoms with E-state index in [9.17, 15) is 13.2 Å². The van der Waals surface area contributed by atoms with Gasteiger partial charge in [-0.05, 0) is 19.8 Å². The number of nitrogen functional groups attached to an aromatic ring is 1. The van der Waals surface area contributed by atoms with Crippen molar-refractivity contribution in [1.29, 1.82) is 0 Å². The summed E-state index contributed by atoms with van der Waals surface area (Å²) >= 11 is 0. The normalized spacial score (nSPS) is 17.3. The lowest BCUT2D eigenvalue weighted by Gasteiger charge is -2.21. The van der Waals surface area contributed by atoms with Gasteiger partial charge in [0, 0.05) is 12.6 Å². The van der Waals surface area contributed by atoms with Crippen molar-refractivity contribution < 1.29 is 13.2 Å². The second-order valence-corrected chi connectivity index (χ2v) is 4.23. The number of hydrogen-bond donors (Lipinski definition) is 3. The number of aromatic nitrogens is 2. The summed E-state index contributed by atoms with van der Waals surface area (Å²) in [5, 5.41) is 5.29. The topological polar surface area (TPSA) is 75.9 Å². The Morgan fingerprint density at radius 3 is 2.44 bits per heavy atom. The van der Waals surface area contributed by atoms with Crippen LogP contribution in [0.1, 0.15) is 19.8 Å². The Balaban J connectivity index is 2.19. The average molecular weight is 261 g/mol. The Kier molecular flexibility index (Phi) is 2.95. The minimum atomic E-state index is -4.29. The van der Waals surface area contributed by atoms with E-state index in [-0.39, 0.29) is 24.6 Å². The molecule has 0 saturated heterocycles. The first-order valence-corrected chi connectivity index (χ1v) is 5.60. The minimum Gasteiger partial charge on any atom is -0.370 e. The van der Waals surface area contributed by atoms with Gasteiger partial charge in [-0.25, -0.2) is 0 Å². The summed E-state index contributed by atoms with van der Waals surface area (Å²) in [6.45, 7) is 2.45. The maximum atomic E-state index is 12.8. The fraction of sp³-hybridized carbons (Fsp3) is 0.600. The largest absolute Gasteiger partial charge is 0.411 e. The molecule has 1 saturated carbocycles. The van der Waals surface area contributed by atoms with E-state index < -0.39 is 11.7 Å². The molecule has 5 nitrogen and oxygen atoms in total. The van der Waals surface area contributed by atoms with Crippen LogP contribution in [0.4, 0.5) is 30.8 Å². The highest BCUT2D eigenvalue weighted by molar-refractivity contribution is 5.53. The lowest BCUT2D eigenvalue weighted by atomic mass is 10.2. The molecule has 0 amide bonds. The number of anilines is 3. The van der Waals surface area contributed by atoms with Crippen molar-refractivity contribution in [3.63, 3.8) is 0 Å². The number of alkyl halides is 3. The van der Waals surface area contributed by atoms with Gasteiger partial charge in [0.1, 0.15) is 17.2 Å². The molecule has 1 fully saturated rings. The summed E-state index contributed by atoms with van der Waals surface area (Å²) in [7, 11) is 0. The van der Waals surface area contributed by atoms with Crippen LogP contribution in [0.15, 0.2) is 6.07 Å². The Morgan fingerprint density at radius 2 is 1.94 bits per heavy atom. The highest BCUT2D eigenvalue weighted by Crippen LogP contribution is 2.51. The smallest absolute Gasteiger partial charge is 0.370 e. The molecule has 0 aliphatic heterocycles. The number of rotatable bonds is 4. The molecule has 1 aromatic heterocycles. The van der Waals surface area contributed by atoms with E-state index in [2.05, 4.69) is 20.6 Å². The molecule has 4 N–H and O–H groups in total. The molecular weight excluding hydrogens is 247 g/mol. The molecule has 0 radical (unpaired) electrons. The Bertz CT molecular complexity index is 442. The monoisotopic (exact) mass is 261 g/mol. The van der Waals surface area contributed by atoms with Gasteiger partial charge in [0.25, 0.3) is 0 Å². The SMILES string of the molecule is CCNc1cc(NC2(C(F)(F)F)CC2)nc(N)n1. The van der Waals surface area contributed by atoms with E-state index in [0.29, 0.717) is 12.4 Å². The van der Waals surface area contributed by atoms with Crippen LogP contribution in [0, 0.1) is 0 Å². The third-order valence-electron chi connectivity index (χ3n) is 2.76. The molecule has 2 rings (SSSR count). The summed E-state index contributed by atoms with van der Waals surface area (Å²) < 4.78 is 38.3. The van der Waals surface area contributed by atoms with Gasteiger partial charge in [-0.15, -0.1) is 0 Å². The van der Waals surface area contributed by atoms with Crippen LogP contribution in [0.2, 0.25) is 0 Å². The van der Waals surface area contributed by atoms with Crippen LogP contribution < -0.4 is 16.4 Å². The zero-order chi connectivity index (χ0) is 13.4. The zero-order valence-electron chi connectivity index (χ0n) is 9.80. The van der Waals surface area contributed by atoms with Crippen molar-refractivity contribution >= 4 is 17.6 Å². The van der Waals surface area contributed by atoms with Gasteiger partial charge in [-0.2, -0.15) is 23.1 Å². The Labute approximate surface area is 102 Å². The van der Waals surface area contributed by atoms with Gasteiger partial charge < -0.3 is 16.4 Å². The molecule has 8 heteroatoms. The third-order valence-corrected chi connectivity index (χ3v) is 2.76. The molecule has 1 aromatic rings. The van der Waals surface area contributed by atoms with Crippen molar-refractivity contribution in [2.75, 3.05) is 22.9 Å². The number of halogens is 3. The van der Waals surface area contributed by atoms with Gasteiger partial charge in [0.2, 0.25) is 5.95 Å². The summed E-state index contributed by atoms with van der Waals surface area (Å²) in [5.41, 5.74) is 3.60. The maximum absolute atomic E-state index is 12.8. The Hall–Kier alpha value is -1.73. The predicted octanol–water partition coefficient (Wildman–Crippen LogP) is 2.00. The average Bonchev–Trinajstić information content (AvgIpc) is 2.97. The standard InChI is InChI=1S/C10H14F3N5/c1-2-15-6-5-7(17-8(14)16-6)18-9(3-4-9)10(11,12)13/h5H,2-4H2,1H3,(H4,14,15,16,17,18). The molecule has 0 bridgehead atoms. The summed E-state index contributed by atoms with van der Waals surface area (Å²) in [4.78, 5) is 7.64. The van der Waals surface area contributed by atoms with Crippen LogP contribution in [-0.2, 0) is 0 Å². The predicted molar refractivity (Wildman–Crippen MR) is 62.3 cm³/mol. The molecule has 0 aromatic carbocycles. The van der Waals surface area contributed by atoms with E-state index in [1.54, 1.807) is 0 Å². The first kappa shape index (κ1) is 12.7. The van der Waals surface area contributed by atoms with E-state index in [0.717, 1.165) is 0 Å². The van der Waals surface area contributed by atoms with Crippen LogP contribution in [0.25, 0.3) is 0 Å². The van der Waals surface area contributed by atoms with E-state index in [1.807, 2.05) is 6.92 Å². The molecule has 0 unspecified atom stereocenters. The van der Waals surface area contributed by atoms with Crippen molar-refractivity contribution in [1.82, 2.24) is 9.97 Å².